The number of carbonyl (C=O) groups excluding carboxylic acids is 2. The highest BCUT2D eigenvalue weighted by atomic mass is 16.6. The van der Waals surface area contributed by atoms with E-state index >= 15 is 0 Å². The monoisotopic (exact) mass is 615 g/mol. The van der Waals surface area contributed by atoms with E-state index in [0.717, 1.165) is 64.5 Å². The molecule has 7 fully saturated rings. The lowest BCUT2D eigenvalue weighted by atomic mass is 9.43. The highest BCUT2D eigenvalue weighted by Gasteiger charge is 2.85. The van der Waals surface area contributed by atoms with Crippen LogP contribution >= 0.6 is 0 Å². The molecule has 13 atom stereocenters. The van der Waals surface area contributed by atoms with Gasteiger partial charge in [-0.15, -0.1) is 0 Å². The number of likely N-dealkylation sites (tertiary alicyclic amines) is 1. The van der Waals surface area contributed by atoms with Gasteiger partial charge in [0.25, 0.3) is 0 Å². The van der Waals surface area contributed by atoms with Crippen molar-refractivity contribution in [2.45, 2.75) is 135 Å². The van der Waals surface area contributed by atoms with Gasteiger partial charge < -0.3 is 35.3 Å². The first-order chi connectivity index (χ1) is 20.7. The summed E-state index contributed by atoms with van der Waals surface area (Å²) in [5.41, 5.74) is 7.00. The summed E-state index contributed by atoms with van der Waals surface area (Å²) in [4.78, 5) is 26.8. The van der Waals surface area contributed by atoms with Gasteiger partial charge in [-0.2, -0.15) is 0 Å². The summed E-state index contributed by atoms with van der Waals surface area (Å²) in [6, 6.07) is 0. The minimum absolute atomic E-state index is 0.0943. The third-order valence-electron chi connectivity index (χ3n) is 15.1. The average molecular weight is 616 g/mol. The normalized spacial score (nSPS) is 50.5. The van der Waals surface area contributed by atoms with E-state index in [1.165, 1.54) is 6.42 Å². The average Bonchev–Trinajstić information content (AvgIpc) is 3.56. The molecule has 0 bridgehead atoms. The molecular weight excluding hydrogens is 558 g/mol. The number of carbonyl (C=O) groups is 2. The van der Waals surface area contributed by atoms with Gasteiger partial charge >= 0.3 is 12.2 Å². The lowest BCUT2D eigenvalue weighted by molar-refractivity contribution is -0.180. The Hall–Kier alpha value is -1.58. The molecular formula is C35H57N3O6. The Labute approximate surface area is 263 Å². The number of nitrogens with two attached hydrogens (primary N) is 1. The van der Waals surface area contributed by atoms with Crippen LogP contribution in [0.4, 0.5) is 9.59 Å². The number of nitrogens with zero attached hydrogens (tertiary/aromatic N) is 1. The fourth-order valence-electron chi connectivity index (χ4n) is 12.9. The largest absolute Gasteiger partial charge is 0.446 e. The summed E-state index contributed by atoms with van der Waals surface area (Å²) < 4.78 is 18.9. The maximum atomic E-state index is 12.9. The molecule has 5 aliphatic carbocycles. The van der Waals surface area contributed by atoms with Crippen molar-refractivity contribution in [1.82, 2.24) is 10.2 Å². The van der Waals surface area contributed by atoms with Gasteiger partial charge in [0.1, 0.15) is 12.2 Å². The van der Waals surface area contributed by atoms with Gasteiger partial charge in [0.15, 0.2) is 0 Å². The van der Waals surface area contributed by atoms with Crippen LogP contribution in [0.3, 0.4) is 0 Å². The number of fused-ring (bicyclic) bond motifs is 4. The van der Waals surface area contributed by atoms with Crippen LogP contribution in [0.5, 0.6) is 0 Å². The molecule has 2 heterocycles. The smallest absolute Gasteiger partial charge is 0.410 e. The molecule has 13 unspecified atom stereocenters. The van der Waals surface area contributed by atoms with E-state index < -0.39 is 11.6 Å². The topological polar surface area (TPSA) is 123 Å². The molecule has 7 rings (SSSR count). The van der Waals surface area contributed by atoms with E-state index in [0.29, 0.717) is 11.8 Å². The number of hydrogen-bond acceptors (Lipinski definition) is 7. The maximum absolute atomic E-state index is 12.9. The summed E-state index contributed by atoms with van der Waals surface area (Å²) in [6.07, 6.45) is 6.70. The Balaban J connectivity index is 1.15. The summed E-state index contributed by atoms with van der Waals surface area (Å²) in [6.45, 7) is 15.0. The Morgan fingerprint density at radius 3 is 2.36 bits per heavy atom. The quantitative estimate of drug-likeness (QED) is 0.403. The predicted molar refractivity (Wildman–Crippen MR) is 166 cm³/mol. The van der Waals surface area contributed by atoms with Crippen LogP contribution < -0.4 is 11.1 Å². The number of rotatable bonds is 4. The molecule has 4 N–H and O–H groups in total. The third-order valence-corrected chi connectivity index (χ3v) is 15.1. The molecule has 0 aromatic rings. The minimum atomic E-state index is -0.765. The highest BCUT2D eigenvalue weighted by molar-refractivity contribution is 5.68. The second-order valence-electron chi connectivity index (χ2n) is 17.3. The first-order valence-corrected chi connectivity index (χ1v) is 17.6. The first-order valence-electron chi connectivity index (χ1n) is 17.6. The molecule has 2 spiro atoms. The van der Waals surface area contributed by atoms with Crippen LogP contribution in [0.1, 0.15) is 99.3 Å². The van der Waals surface area contributed by atoms with E-state index in [2.05, 4.69) is 46.9 Å². The molecule has 0 radical (unpaired) electrons. The van der Waals surface area contributed by atoms with Crippen molar-refractivity contribution in [2.75, 3.05) is 20.1 Å². The van der Waals surface area contributed by atoms with Crippen molar-refractivity contribution >= 4 is 12.2 Å². The predicted octanol–water partition coefficient (Wildman–Crippen LogP) is 5.08. The summed E-state index contributed by atoms with van der Waals surface area (Å²) >= 11 is 0. The number of ether oxygens (including phenoxy) is 3. The van der Waals surface area contributed by atoms with Crippen LogP contribution in [-0.2, 0) is 14.2 Å². The molecule has 0 aromatic heterocycles. The molecule has 0 aromatic carbocycles. The maximum Gasteiger partial charge on any atom is 0.410 e. The fourth-order valence-corrected chi connectivity index (χ4v) is 12.9. The van der Waals surface area contributed by atoms with Crippen LogP contribution in [-0.4, -0.2) is 78.4 Å². The van der Waals surface area contributed by atoms with E-state index in [9.17, 15) is 14.7 Å². The van der Waals surface area contributed by atoms with Crippen molar-refractivity contribution in [2.24, 2.45) is 57.0 Å². The molecule has 248 valence electrons. The lowest BCUT2D eigenvalue weighted by Crippen LogP contribution is -2.70. The summed E-state index contributed by atoms with van der Waals surface area (Å²) in [7, 11) is 1.63. The second kappa shape index (κ2) is 9.96. The Bertz CT molecular complexity index is 1190. The van der Waals surface area contributed by atoms with Gasteiger partial charge in [-0.05, 0) is 104 Å². The zero-order chi connectivity index (χ0) is 31.6. The van der Waals surface area contributed by atoms with Crippen molar-refractivity contribution < 1.29 is 28.9 Å². The zero-order valence-electron chi connectivity index (χ0n) is 28.1. The second-order valence-corrected chi connectivity index (χ2v) is 17.3. The van der Waals surface area contributed by atoms with Gasteiger partial charge in [-0.3, -0.25) is 0 Å². The van der Waals surface area contributed by atoms with E-state index in [1.54, 1.807) is 11.9 Å². The molecule has 2 amide bonds. The zero-order valence-corrected chi connectivity index (χ0v) is 28.1. The van der Waals surface area contributed by atoms with Gasteiger partial charge in [-0.25, -0.2) is 9.59 Å². The van der Waals surface area contributed by atoms with Crippen LogP contribution in [0.2, 0.25) is 0 Å². The number of amides is 2. The Kier molecular flexibility index (Phi) is 7.03. The Morgan fingerprint density at radius 2 is 1.73 bits per heavy atom. The lowest BCUT2D eigenvalue weighted by Gasteiger charge is -2.63. The summed E-state index contributed by atoms with van der Waals surface area (Å²) in [5, 5.41) is 15.1. The molecule has 9 nitrogen and oxygen atoms in total. The first kappa shape index (κ1) is 31.0. The van der Waals surface area contributed by atoms with Crippen molar-refractivity contribution in [3.63, 3.8) is 0 Å². The van der Waals surface area contributed by atoms with Gasteiger partial charge in [0.05, 0.1) is 23.9 Å². The molecule has 5 saturated carbocycles. The summed E-state index contributed by atoms with van der Waals surface area (Å²) in [5.74, 6) is 1.26. The molecule has 2 saturated heterocycles. The number of alkyl carbamates (subject to hydrolysis) is 1. The molecule has 44 heavy (non-hydrogen) atoms. The fraction of sp³-hybridized carbons (Fsp3) is 0.943. The van der Waals surface area contributed by atoms with Crippen LogP contribution in [0.25, 0.3) is 0 Å². The van der Waals surface area contributed by atoms with Gasteiger partial charge in [0, 0.05) is 25.6 Å². The SMILES string of the molecule is CNC(=O)OC1CCC23CC24CCC2(C)C5C(C)CC(C(OC(=O)N6CCC6)C(C)C)OC5C(O)C2(N)C4CCC3C1(C)C. The van der Waals surface area contributed by atoms with Crippen LogP contribution in [0, 0.1) is 51.2 Å². The number of aliphatic hydroxyl groups excluding tert-OH is 1. The Morgan fingerprint density at radius 1 is 1.05 bits per heavy atom. The number of hydrogen-bond donors (Lipinski definition) is 3. The molecule has 7 aliphatic rings. The van der Waals surface area contributed by atoms with Gasteiger partial charge in [-0.1, -0.05) is 41.5 Å². The standard InChI is InChI=1S/C35H57N3O6/c1-19(2)26(44-30(41)38-15-8-16-38)21-17-20(3)25-27(42-21)28(39)35(36)23-10-9-22-31(4,5)24(43-29(40)37-7)11-12-33(22)18-34(23,33)14-13-32(25,35)6/h19-28,39H,8-18,36H2,1-7H3,(H,37,40). The molecule has 9 heteroatoms. The minimum Gasteiger partial charge on any atom is -0.446 e. The molecule has 2 aliphatic heterocycles. The van der Waals surface area contributed by atoms with E-state index in [4.69, 9.17) is 19.9 Å². The van der Waals surface area contributed by atoms with E-state index in [-0.39, 0.29) is 76.0 Å². The number of nitrogens with one attached hydrogen (secondary N) is 1. The third kappa shape index (κ3) is 3.81. The van der Waals surface area contributed by atoms with Crippen molar-refractivity contribution in [1.29, 1.82) is 0 Å². The van der Waals surface area contributed by atoms with Crippen molar-refractivity contribution in [3.8, 4) is 0 Å². The van der Waals surface area contributed by atoms with E-state index in [1.807, 2.05) is 0 Å². The van der Waals surface area contributed by atoms with Crippen LogP contribution in [0.15, 0.2) is 0 Å². The highest BCUT2D eigenvalue weighted by Crippen LogP contribution is 2.87. The van der Waals surface area contributed by atoms with Crippen molar-refractivity contribution in [3.05, 3.63) is 0 Å². The number of aliphatic hydroxyl groups is 1. The van der Waals surface area contributed by atoms with Gasteiger partial charge in [0.2, 0.25) is 0 Å².